The molecule has 1 heterocycles. The van der Waals surface area contributed by atoms with Gasteiger partial charge in [-0.1, -0.05) is 0 Å². The van der Waals surface area contributed by atoms with Gasteiger partial charge >= 0.3 is 0 Å². The molecule has 0 aliphatic carbocycles. The topological polar surface area (TPSA) is 51.6 Å². The molecule has 4 heteroatoms. The Morgan fingerprint density at radius 3 is 2.93 bits per heavy atom. The van der Waals surface area contributed by atoms with Gasteiger partial charge in [0.05, 0.1) is 19.8 Å². The van der Waals surface area contributed by atoms with Crippen LogP contribution in [-0.4, -0.2) is 37.0 Å². The van der Waals surface area contributed by atoms with Crippen molar-refractivity contribution in [2.75, 3.05) is 26.9 Å². The lowest BCUT2D eigenvalue weighted by molar-refractivity contribution is 0.0123. The van der Waals surface area contributed by atoms with Crippen LogP contribution in [0.25, 0.3) is 0 Å². The Hall–Kier alpha value is -0.970. The lowest BCUT2D eigenvalue weighted by atomic mass is 10.1. The highest BCUT2D eigenvalue weighted by Crippen LogP contribution is 2.15. The second-order valence-electron chi connectivity index (χ2n) is 3.32. The van der Waals surface area contributed by atoms with Crippen LogP contribution in [0.3, 0.4) is 0 Å². The van der Waals surface area contributed by atoms with Crippen molar-refractivity contribution in [2.45, 2.75) is 13.0 Å². The molecular formula is C11H17NO3. The Morgan fingerprint density at radius 2 is 2.27 bits per heavy atom. The van der Waals surface area contributed by atoms with Crippen molar-refractivity contribution < 1.29 is 14.6 Å². The van der Waals surface area contributed by atoms with Crippen LogP contribution in [0.15, 0.2) is 18.5 Å². The van der Waals surface area contributed by atoms with Crippen molar-refractivity contribution >= 4 is 0 Å². The lowest BCUT2D eigenvalue weighted by Gasteiger charge is -2.13. The number of aliphatic hydroxyl groups is 1. The van der Waals surface area contributed by atoms with Gasteiger partial charge in [-0.2, -0.15) is 0 Å². The molecular weight excluding hydrogens is 194 g/mol. The minimum atomic E-state index is -0.615. The fraction of sp³-hybridized carbons (Fsp3) is 0.545. The van der Waals surface area contributed by atoms with Crippen LogP contribution >= 0.6 is 0 Å². The Labute approximate surface area is 89.9 Å². The van der Waals surface area contributed by atoms with Crippen LogP contribution in [0.2, 0.25) is 0 Å². The van der Waals surface area contributed by atoms with Gasteiger partial charge in [0.15, 0.2) is 0 Å². The summed E-state index contributed by atoms with van der Waals surface area (Å²) in [5.74, 6) is 0. The molecule has 1 unspecified atom stereocenters. The summed E-state index contributed by atoms with van der Waals surface area (Å²) in [6, 6.07) is 1.87. The van der Waals surface area contributed by atoms with E-state index in [2.05, 4.69) is 4.98 Å². The Bertz CT molecular complexity index is 291. The van der Waals surface area contributed by atoms with Crippen molar-refractivity contribution in [3.8, 4) is 0 Å². The average Bonchev–Trinajstić information content (AvgIpc) is 2.25. The number of ether oxygens (including phenoxy) is 2. The van der Waals surface area contributed by atoms with E-state index in [1.807, 2.05) is 13.0 Å². The molecule has 15 heavy (non-hydrogen) atoms. The van der Waals surface area contributed by atoms with Gasteiger partial charge in [-0.25, -0.2) is 0 Å². The van der Waals surface area contributed by atoms with Gasteiger partial charge in [-0.15, -0.1) is 0 Å². The predicted octanol–water partition coefficient (Wildman–Crippen LogP) is 1.09. The second-order valence-corrected chi connectivity index (χ2v) is 3.32. The molecule has 1 aromatic heterocycles. The first-order chi connectivity index (χ1) is 7.25. The highest BCUT2D eigenvalue weighted by atomic mass is 16.5. The number of aryl methyl sites for hydroxylation is 1. The highest BCUT2D eigenvalue weighted by Gasteiger charge is 2.09. The van der Waals surface area contributed by atoms with Crippen molar-refractivity contribution in [1.29, 1.82) is 0 Å². The van der Waals surface area contributed by atoms with Crippen LogP contribution in [-0.2, 0) is 9.47 Å². The molecule has 0 amide bonds. The number of nitrogens with zero attached hydrogens (tertiary/aromatic N) is 1. The first-order valence-electron chi connectivity index (χ1n) is 4.91. The number of pyridine rings is 1. The Morgan fingerprint density at radius 1 is 1.47 bits per heavy atom. The van der Waals surface area contributed by atoms with E-state index in [0.717, 1.165) is 11.1 Å². The third kappa shape index (κ3) is 3.95. The standard InChI is InChI=1S/C11H17NO3/c1-9-3-4-12-7-10(9)11(13)8-15-6-5-14-2/h3-4,7,11,13H,5-6,8H2,1-2H3. The molecule has 0 bridgehead atoms. The number of aliphatic hydroxyl groups excluding tert-OH is 1. The monoisotopic (exact) mass is 211 g/mol. The van der Waals surface area contributed by atoms with Crippen molar-refractivity contribution in [3.63, 3.8) is 0 Å². The molecule has 1 rings (SSSR count). The number of methoxy groups -OCH3 is 1. The van der Waals surface area contributed by atoms with Gasteiger partial charge in [0.2, 0.25) is 0 Å². The van der Waals surface area contributed by atoms with E-state index >= 15 is 0 Å². The molecule has 1 aromatic rings. The van der Waals surface area contributed by atoms with Crippen molar-refractivity contribution in [2.24, 2.45) is 0 Å². The highest BCUT2D eigenvalue weighted by molar-refractivity contribution is 5.23. The Balaban J connectivity index is 2.40. The minimum Gasteiger partial charge on any atom is -0.386 e. The molecule has 0 spiro atoms. The quantitative estimate of drug-likeness (QED) is 0.715. The fourth-order valence-electron chi connectivity index (χ4n) is 1.25. The number of hydrogen-bond donors (Lipinski definition) is 1. The summed E-state index contributed by atoms with van der Waals surface area (Å²) in [5.41, 5.74) is 1.84. The van der Waals surface area contributed by atoms with Crippen LogP contribution in [0, 0.1) is 6.92 Å². The molecule has 4 nitrogen and oxygen atoms in total. The van der Waals surface area contributed by atoms with Crippen LogP contribution in [0.5, 0.6) is 0 Å². The van der Waals surface area contributed by atoms with Gasteiger partial charge in [0.25, 0.3) is 0 Å². The van der Waals surface area contributed by atoms with E-state index in [0.29, 0.717) is 13.2 Å². The van der Waals surface area contributed by atoms with Gasteiger partial charge in [0, 0.05) is 25.1 Å². The summed E-state index contributed by atoms with van der Waals surface area (Å²) in [5, 5.41) is 9.79. The van der Waals surface area contributed by atoms with Crippen molar-refractivity contribution in [3.05, 3.63) is 29.6 Å². The van der Waals surface area contributed by atoms with E-state index in [9.17, 15) is 5.11 Å². The first-order valence-corrected chi connectivity index (χ1v) is 4.91. The van der Waals surface area contributed by atoms with Gasteiger partial charge in [-0.05, 0) is 18.6 Å². The summed E-state index contributed by atoms with van der Waals surface area (Å²) in [7, 11) is 1.62. The van der Waals surface area contributed by atoms with E-state index in [1.54, 1.807) is 19.5 Å². The molecule has 0 aromatic carbocycles. The largest absolute Gasteiger partial charge is 0.386 e. The summed E-state index contributed by atoms with van der Waals surface area (Å²) < 4.78 is 10.1. The molecule has 0 aliphatic rings. The van der Waals surface area contributed by atoms with Crippen LogP contribution < -0.4 is 0 Å². The fourth-order valence-corrected chi connectivity index (χ4v) is 1.25. The molecule has 0 aliphatic heterocycles. The summed E-state index contributed by atoms with van der Waals surface area (Å²) in [6.07, 6.45) is 2.76. The zero-order valence-corrected chi connectivity index (χ0v) is 9.14. The molecule has 0 saturated carbocycles. The van der Waals surface area contributed by atoms with Crippen molar-refractivity contribution in [1.82, 2.24) is 4.98 Å². The molecule has 0 saturated heterocycles. The predicted molar refractivity (Wildman–Crippen MR) is 56.6 cm³/mol. The molecule has 1 N–H and O–H groups in total. The van der Waals surface area contributed by atoms with Gasteiger partial charge in [-0.3, -0.25) is 4.98 Å². The first kappa shape index (κ1) is 12.1. The third-order valence-corrected chi connectivity index (χ3v) is 2.15. The number of aromatic nitrogens is 1. The minimum absolute atomic E-state index is 0.274. The zero-order chi connectivity index (χ0) is 11.1. The van der Waals surface area contributed by atoms with Gasteiger partial charge < -0.3 is 14.6 Å². The smallest absolute Gasteiger partial charge is 0.104 e. The van der Waals surface area contributed by atoms with E-state index < -0.39 is 6.10 Å². The third-order valence-electron chi connectivity index (χ3n) is 2.15. The zero-order valence-electron chi connectivity index (χ0n) is 9.14. The second kappa shape index (κ2) is 6.50. The molecule has 0 fully saturated rings. The van der Waals surface area contributed by atoms with E-state index in [4.69, 9.17) is 9.47 Å². The average molecular weight is 211 g/mol. The maximum atomic E-state index is 9.79. The molecule has 84 valence electrons. The SMILES string of the molecule is COCCOCC(O)c1cnccc1C. The van der Waals surface area contributed by atoms with Crippen LogP contribution in [0.4, 0.5) is 0 Å². The summed E-state index contributed by atoms with van der Waals surface area (Å²) in [6.45, 7) is 3.25. The van der Waals surface area contributed by atoms with Crippen LogP contribution in [0.1, 0.15) is 17.2 Å². The maximum Gasteiger partial charge on any atom is 0.104 e. The molecule has 1 atom stereocenters. The summed E-state index contributed by atoms with van der Waals surface area (Å²) in [4.78, 5) is 3.97. The normalized spacial score (nSPS) is 12.7. The Kier molecular flexibility index (Phi) is 5.25. The lowest BCUT2D eigenvalue weighted by Crippen LogP contribution is -2.11. The van der Waals surface area contributed by atoms with E-state index in [-0.39, 0.29) is 6.61 Å². The maximum absolute atomic E-state index is 9.79. The number of rotatable bonds is 6. The number of hydrogen-bond acceptors (Lipinski definition) is 4. The van der Waals surface area contributed by atoms with E-state index in [1.165, 1.54) is 0 Å². The molecule has 0 radical (unpaired) electrons. The van der Waals surface area contributed by atoms with Gasteiger partial charge in [0.1, 0.15) is 6.10 Å². The summed E-state index contributed by atoms with van der Waals surface area (Å²) >= 11 is 0.